The fourth-order valence-corrected chi connectivity index (χ4v) is 16.5. The number of likely N-dealkylation sites (tertiary alicyclic amines) is 1. The molecule has 3 aliphatic carbocycles. The second-order valence-corrected chi connectivity index (χ2v) is 30.4. The highest BCUT2D eigenvalue weighted by Crippen LogP contribution is 2.39. The Hall–Kier alpha value is -7.06. The number of likely N-dealkylation sites (N-methyl/N-ethyl adjacent to an activating group) is 5. The van der Waals surface area contributed by atoms with Crippen LogP contribution in [0.25, 0.3) is 0 Å². The van der Waals surface area contributed by atoms with E-state index in [4.69, 9.17) is 11.6 Å². The van der Waals surface area contributed by atoms with E-state index in [1.807, 2.05) is 20.8 Å². The molecule has 10 atom stereocenters. The Labute approximate surface area is 591 Å². The maximum Gasteiger partial charge on any atom is 0.417 e. The highest BCUT2D eigenvalue weighted by atomic mass is 35.5. The minimum absolute atomic E-state index is 0.0252. The molecule has 100 heavy (non-hydrogen) atoms. The Balaban J connectivity index is 1.16. The molecule has 7 aliphatic rings. The van der Waals surface area contributed by atoms with Crippen molar-refractivity contribution >= 4 is 82.5 Å². The maximum atomic E-state index is 15.5. The normalized spacial score (nSPS) is 28.5. The van der Waals surface area contributed by atoms with E-state index in [1.165, 1.54) is 77.6 Å². The predicted octanol–water partition coefficient (Wildman–Crippen LogP) is 5.83. The predicted molar refractivity (Wildman–Crippen MR) is 367 cm³/mol. The van der Waals surface area contributed by atoms with E-state index in [1.54, 1.807) is 11.8 Å². The van der Waals surface area contributed by atoms with Gasteiger partial charge in [0, 0.05) is 61.4 Å². The van der Waals surface area contributed by atoms with Crippen molar-refractivity contribution in [3.8, 4) is 0 Å². The lowest BCUT2D eigenvalue weighted by Gasteiger charge is -2.45. The molecule has 0 radical (unpaired) electrons. The summed E-state index contributed by atoms with van der Waals surface area (Å²) in [7, 11) is 7.25. The Bertz CT molecular complexity index is 3170. The summed E-state index contributed by atoms with van der Waals surface area (Å²) in [5.41, 5.74) is -2.32. The van der Waals surface area contributed by atoms with Gasteiger partial charge in [-0.15, -0.1) is 0 Å². The summed E-state index contributed by atoms with van der Waals surface area (Å²) in [4.78, 5) is 190. The Morgan fingerprint density at radius 2 is 1.28 bits per heavy atom. The second kappa shape index (κ2) is 34.3. The number of carbonyl (C=O) groups excluding carboxylic acids is 12. The maximum absolute atomic E-state index is 15.5. The standard InChI is InChI=1S/C72H108ClF3N12O12/c1-11-44(4)59-69(99)82(7)45(5)64(94)88-37-31-54(88)68(98)84(9)56(40-46-22-13-12-14-23-46)67(97)81(6)42-57(89)77-51(30-28-47-27-29-49(50(73)39-47)72(74,75)76)66(96)87-36-21-26-53(87)62(92)80-71(32-17-18-33-71)70(100)85(10)60(48-24-15-16-25-48)63(93)78-52(65(95)86-34-19-20-35-86)41-58(90)83(8)55(38-43(2)3)61(91)79-59/h27,29,39,43-46,48,51-56,59-60H,11-26,28,30-38,40-42H2,1-10H3,(H,77,89)(H,78,93)(H,79,91)(H,80,92)/t44-,45-,51-,52-,53-,54-,55-,56-,59-,60-/m0/s1. The summed E-state index contributed by atoms with van der Waals surface area (Å²) in [5.74, 6) is -8.61. The second-order valence-electron chi connectivity index (χ2n) is 30.0. The highest BCUT2D eigenvalue weighted by molar-refractivity contribution is 6.31. The quantitative estimate of drug-likeness (QED) is 0.204. The third-order valence-corrected chi connectivity index (χ3v) is 23.0. The minimum Gasteiger partial charge on any atom is -0.343 e. The van der Waals surface area contributed by atoms with Gasteiger partial charge in [0.05, 0.1) is 23.6 Å². The molecule has 0 unspecified atom stereocenters. The molecule has 8 rings (SSSR count). The summed E-state index contributed by atoms with van der Waals surface area (Å²) in [6, 6.07) is -7.73. The van der Waals surface area contributed by atoms with Crippen molar-refractivity contribution in [1.29, 1.82) is 0 Å². The topological polar surface area (TPSA) is 279 Å². The van der Waals surface area contributed by atoms with E-state index in [2.05, 4.69) is 21.3 Å². The van der Waals surface area contributed by atoms with Gasteiger partial charge in [-0.2, -0.15) is 13.2 Å². The molecule has 0 bridgehead atoms. The van der Waals surface area contributed by atoms with E-state index < -0.39 is 172 Å². The van der Waals surface area contributed by atoms with Crippen molar-refractivity contribution in [2.24, 2.45) is 23.7 Å². The van der Waals surface area contributed by atoms with Crippen LogP contribution in [0.15, 0.2) is 18.2 Å². The molecule has 1 spiro atoms. The number of hydrogen-bond acceptors (Lipinski definition) is 12. The Morgan fingerprint density at radius 1 is 0.640 bits per heavy atom. The van der Waals surface area contributed by atoms with Gasteiger partial charge in [0.2, 0.25) is 70.9 Å². The van der Waals surface area contributed by atoms with E-state index in [9.17, 15) is 51.5 Å². The molecule has 4 N–H and O–H groups in total. The lowest BCUT2D eigenvalue weighted by Crippen LogP contribution is -2.65. The third kappa shape index (κ3) is 18.4. The van der Waals surface area contributed by atoms with Crippen LogP contribution in [0.2, 0.25) is 5.02 Å². The molecule has 4 heterocycles. The number of rotatable bonds is 11. The van der Waals surface area contributed by atoms with Gasteiger partial charge in [0.15, 0.2) is 0 Å². The molecule has 7 fully saturated rings. The minimum atomic E-state index is -4.76. The van der Waals surface area contributed by atoms with Gasteiger partial charge in [0.1, 0.15) is 59.9 Å². The molecule has 28 heteroatoms. The van der Waals surface area contributed by atoms with Crippen molar-refractivity contribution in [2.75, 3.05) is 68.0 Å². The number of hydrogen-bond donors (Lipinski definition) is 4. The first-order valence-electron chi connectivity index (χ1n) is 36.6. The molecule has 4 aliphatic heterocycles. The number of benzene rings is 1. The molecule has 1 aromatic carbocycles. The van der Waals surface area contributed by atoms with Gasteiger partial charge in [-0.25, -0.2) is 0 Å². The lowest BCUT2D eigenvalue weighted by atomic mass is 9.84. The van der Waals surface area contributed by atoms with Crippen molar-refractivity contribution in [3.05, 3.63) is 34.3 Å². The van der Waals surface area contributed by atoms with Gasteiger partial charge < -0.3 is 60.5 Å². The number of amides is 12. The summed E-state index contributed by atoms with van der Waals surface area (Å²) in [5, 5.41) is 11.1. The highest BCUT2D eigenvalue weighted by Gasteiger charge is 2.52. The van der Waals surface area contributed by atoms with Crippen LogP contribution in [0.4, 0.5) is 13.2 Å². The van der Waals surface area contributed by atoms with Gasteiger partial charge >= 0.3 is 6.18 Å². The van der Waals surface area contributed by atoms with Crippen molar-refractivity contribution < 1.29 is 70.7 Å². The summed E-state index contributed by atoms with van der Waals surface area (Å²) >= 11 is 6.16. The number of carbonyl (C=O) groups is 12. The van der Waals surface area contributed by atoms with E-state index >= 15 is 19.2 Å². The fourth-order valence-electron chi connectivity index (χ4n) is 16.1. The third-order valence-electron chi connectivity index (χ3n) is 22.7. The lowest BCUT2D eigenvalue weighted by molar-refractivity contribution is -0.160. The van der Waals surface area contributed by atoms with E-state index in [0.29, 0.717) is 70.0 Å². The molecule has 0 aromatic heterocycles. The zero-order chi connectivity index (χ0) is 73.2. The van der Waals surface area contributed by atoms with Crippen LogP contribution in [-0.4, -0.2) is 238 Å². The van der Waals surface area contributed by atoms with E-state index in [0.717, 1.165) is 62.0 Å². The van der Waals surface area contributed by atoms with Crippen LogP contribution in [-0.2, 0) is 70.1 Å². The van der Waals surface area contributed by atoms with Crippen LogP contribution in [0.3, 0.4) is 0 Å². The molecule has 4 saturated heterocycles. The van der Waals surface area contributed by atoms with Gasteiger partial charge in [-0.1, -0.05) is 110 Å². The zero-order valence-corrected chi connectivity index (χ0v) is 61.0. The fraction of sp³-hybridized carbons (Fsp3) is 0.750. The van der Waals surface area contributed by atoms with Crippen molar-refractivity contribution in [1.82, 2.24) is 60.5 Å². The molecule has 556 valence electrons. The van der Waals surface area contributed by atoms with Crippen LogP contribution in [0, 0.1) is 23.7 Å². The zero-order valence-electron chi connectivity index (χ0n) is 60.2. The van der Waals surface area contributed by atoms with Gasteiger partial charge in [0.25, 0.3) is 0 Å². The number of aryl methyl sites for hydroxylation is 1. The molecular weight excluding hydrogens is 1320 g/mol. The average Bonchev–Trinajstić information content (AvgIpc) is 1.32. The summed E-state index contributed by atoms with van der Waals surface area (Å²) in [6.45, 7) is 9.20. The average molecular weight is 1430 g/mol. The van der Waals surface area contributed by atoms with Crippen LogP contribution in [0.5, 0.6) is 0 Å². The van der Waals surface area contributed by atoms with Gasteiger partial charge in [-0.05, 0) is 132 Å². The number of nitrogens with zero attached hydrogens (tertiary/aromatic N) is 8. The first-order chi connectivity index (χ1) is 47.3. The number of fused-ring (bicyclic) bond motifs is 2. The van der Waals surface area contributed by atoms with Crippen molar-refractivity contribution in [3.63, 3.8) is 0 Å². The molecule has 3 saturated carbocycles. The van der Waals surface area contributed by atoms with Crippen LogP contribution < -0.4 is 21.3 Å². The SMILES string of the molecule is CC[C@H](C)[C@@H]1NC(=O)[C@H](CC(C)C)N(C)C(=O)C[C@@H](C(=O)N2CCCC2)NC(=O)[C@H](C2CCCC2)N(C)C(=O)C2(CCCC2)NC(=O)[C@@H]2CCCN2C(=O)[C@H](CCc2ccc(C(F)(F)F)c(Cl)c2)NC(=O)CN(C)C(=O)[C@H](CC2CCCCC2)N(C)C(=O)[C@@H]2CCN2C(=O)[C@H](C)N(C)C1=O. The van der Waals surface area contributed by atoms with E-state index in [-0.39, 0.29) is 76.3 Å². The molecule has 24 nitrogen and oxygen atoms in total. The Kier molecular flexibility index (Phi) is 27.0. The monoisotopic (exact) mass is 1420 g/mol. The molecular formula is C72H108ClF3N12O12. The first kappa shape index (κ1) is 78.7. The molecule has 1 aromatic rings. The summed E-state index contributed by atoms with van der Waals surface area (Å²) in [6.07, 6.45) is 5.61. The van der Waals surface area contributed by atoms with Crippen LogP contribution >= 0.6 is 11.6 Å². The van der Waals surface area contributed by atoms with Gasteiger partial charge in [-0.3, -0.25) is 57.5 Å². The largest absolute Gasteiger partial charge is 0.417 e. The number of nitrogens with one attached hydrogen (secondary N) is 4. The van der Waals surface area contributed by atoms with Crippen molar-refractivity contribution in [2.45, 2.75) is 255 Å². The smallest absolute Gasteiger partial charge is 0.343 e. The number of alkyl halides is 3. The summed E-state index contributed by atoms with van der Waals surface area (Å²) < 4.78 is 41.6. The Morgan fingerprint density at radius 3 is 1.88 bits per heavy atom. The number of halogens is 4. The first-order valence-corrected chi connectivity index (χ1v) is 36.9. The molecule has 12 amide bonds. The van der Waals surface area contributed by atoms with Crippen LogP contribution in [0.1, 0.15) is 193 Å².